The van der Waals surface area contributed by atoms with Gasteiger partial charge in [-0.2, -0.15) is 0 Å². The molecule has 0 bridgehead atoms. The molecule has 4 heteroatoms. The number of halogens is 1. The van der Waals surface area contributed by atoms with Crippen LogP contribution in [0.25, 0.3) is 0 Å². The van der Waals surface area contributed by atoms with Gasteiger partial charge < -0.3 is 10.1 Å². The van der Waals surface area contributed by atoms with E-state index in [1.165, 1.54) is 36.9 Å². The molecule has 1 aliphatic carbocycles. The van der Waals surface area contributed by atoms with Crippen molar-refractivity contribution in [1.29, 1.82) is 0 Å². The average molecular weight is 399 g/mol. The first-order chi connectivity index (χ1) is 13.7. The van der Waals surface area contributed by atoms with Crippen LogP contribution in [0, 0.1) is 0 Å². The summed E-state index contributed by atoms with van der Waals surface area (Å²) in [5.74, 6) is 0. The topological polar surface area (TPSA) is 34.2 Å². The molecule has 1 saturated heterocycles. The van der Waals surface area contributed by atoms with Crippen molar-refractivity contribution in [3.63, 3.8) is 0 Å². The monoisotopic (exact) mass is 398 g/mol. The van der Waals surface area contributed by atoms with Gasteiger partial charge in [0.25, 0.3) is 0 Å². The van der Waals surface area contributed by atoms with Crippen molar-refractivity contribution in [2.24, 2.45) is 0 Å². The molecule has 2 aromatic rings. The predicted molar refractivity (Wildman–Crippen MR) is 115 cm³/mol. The summed E-state index contributed by atoms with van der Waals surface area (Å²) < 4.78 is 6.34. The van der Waals surface area contributed by atoms with E-state index in [4.69, 9.17) is 21.3 Å². The maximum absolute atomic E-state index is 6.34. The van der Waals surface area contributed by atoms with Gasteiger partial charge in [0, 0.05) is 28.9 Å². The van der Waals surface area contributed by atoms with Gasteiger partial charge in [0.05, 0.1) is 5.60 Å². The lowest BCUT2D eigenvalue weighted by Crippen LogP contribution is -2.47. The van der Waals surface area contributed by atoms with Crippen LogP contribution in [0.5, 0.6) is 0 Å². The van der Waals surface area contributed by atoms with Crippen LogP contribution in [0.4, 0.5) is 0 Å². The first kappa shape index (κ1) is 19.9. The third kappa shape index (κ3) is 4.42. The van der Waals surface area contributed by atoms with Crippen molar-refractivity contribution in [2.45, 2.75) is 62.4 Å². The van der Waals surface area contributed by atoms with Crippen molar-refractivity contribution in [2.75, 3.05) is 19.7 Å². The Hall–Kier alpha value is -1.42. The summed E-state index contributed by atoms with van der Waals surface area (Å²) in [6.07, 6.45) is 11.2. The van der Waals surface area contributed by atoms with E-state index in [-0.39, 0.29) is 11.0 Å². The van der Waals surface area contributed by atoms with E-state index in [0.717, 1.165) is 50.4 Å². The highest BCUT2D eigenvalue weighted by Crippen LogP contribution is 2.49. The number of ether oxygens (including phenoxy) is 1. The lowest BCUT2D eigenvalue weighted by molar-refractivity contribution is -0.104. The van der Waals surface area contributed by atoms with E-state index < -0.39 is 0 Å². The zero-order chi connectivity index (χ0) is 19.3. The fraction of sp³-hybridized carbons (Fsp3) is 0.542. The van der Waals surface area contributed by atoms with Crippen LogP contribution < -0.4 is 5.32 Å². The van der Waals surface area contributed by atoms with Crippen molar-refractivity contribution >= 4 is 11.6 Å². The summed E-state index contributed by atoms with van der Waals surface area (Å²) in [7, 11) is 0. The number of rotatable bonds is 7. The van der Waals surface area contributed by atoms with Gasteiger partial charge in [-0.15, -0.1) is 0 Å². The molecule has 2 heterocycles. The molecule has 2 aliphatic rings. The van der Waals surface area contributed by atoms with Crippen molar-refractivity contribution < 1.29 is 4.74 Å². The van der Waals surface area contributed by atoms with Crippen LogP contribution >= 0.6 is 11.6 Å². The molecule has 3 nitrogen and oxygen atoms in total. The van der Waals surface area contributed by atoms with E-state index in [1.54, 1.807) is 0 Å². The Bertz CT molecular complexity index is 760. The second-order valence-electron chi connectivity index (χ2n) is 8.50. The molecule has 4 rings (SSSR count). The molecule has 1 aliphatic heterocycles. The van der Waals surface area contributed by atoms with Crippen molar-refractivity contribution in [1.82, 2.24) is 10.3 Å². The van der Waals surface area contributed by atoms with Crippen molar-refractivity contribution in [3.05, 3.63) is 64.9 Å². The molecular weight excluding hydrogens is 368 g/mol. The summed E-state index contributed by atoms with van der Waals surface area (Å²) in [4.78, 5) is 4.79. The summed E-state index contributed by atoms with van der Waals surface area (Å²) >= 11 is 6.28. The molecule has 28 heavy (non-hydrogen) atoms. The van der Waals surface area contributed by atoms with Crippen LogP contribution in [-0.4, -0.2) is 30.3 Å². The molecule has 1 atom stereocenters. The smallest absolute Gasteiger partial charge is 0.0691 e. The van der Waals surface area contributed by atoms with E-state index in [9.17, 15) is 0 Å². The van der Waals surface area contributed by atoms with Gasteiger partial charge >= 0.3 is 0 Å². The average Bonchev–Trinajstić information content (AvgIpc) is 3.17. The lowest BCUT2D eigenvalue weighted by Gasteiger charge is -2.46. The Morgan fingerprint density at radius 3 is 2.61 bits per heavy atom. The van der Waals surface area contributed by atoms with Crippen LogP contribution in [0.15, 0.2) is 48.7 Å². The molecule has 0 amide bonds. The summed E-state index contributed by atoms with van der Waals surface area (Å²) in [6.45, 7) is 2.80. The standard InChI is InChI=1S/C24H31ClN2O/c25-21-8-2-1-7-20(21)10-16-26-17-13-23(22-9-3-6-15-27-22)14-18-28-24(19-23)11-4-5-12-24/h1-3,6-9,15,26H,4-5,10-14,16-19H2/t23-/m0/s1. The Balaban J connectivity index is 1.40. The summed E-state index contributed by atoms with van der Waals surface area (Å²) in [5.41, 5.74) is 2.68. The van der Waals surface area contributed by atoms with Crippen molar-refractivity contribution in [3.8, 4) is 0 Å². The minimum absolute atomic E-state index is 0.0906. The van der Waals surface area contributed by atoms with Gasteiger partial charge in [0.15, 0.2) is 0 Å². The predicted octanol–water partition coefficient (Wildman–Crippen LogP) is 5.32. The van der Waals surface area contributed by atoms with E-state index >= 15 is 0 Å². The fourth-order valence-electron chi connectivity index (χ4n) is 5.17. The molecule has 1 spiro atoms. The zero-order valence-corrected chi connectivity index (χ0v) is 17.4. The van der Waals surface area contributed by atoms with Gasteiger partial charge in [-0.3, -0.25) is 4.98 Å². The molecule has 1 saturated carbocycles. The lowest BCUT2D eigenvalue weighted by atomic mass is 9.68. The largest absolute Gasteiger partial charge is 0.375 e. The number of benzene rings is 1. The SMILES string of the molecule is Clc1ccccc1CCNCC[C@]1(c2ccccn2)CCOC2(CCCC2)C1. The molecule has 0 radical (unpaired) electrons. The van der Waals surface area contributed by atoms with Crippen LogP contribution in [0.2, 0.25) is 5.02 Å². The Morgan fingerprint density at radius 2 is 1.82 bits per heavy atom. The van der Waals surface area contributed by atoms with Gasteiger partial charge in [-0.1, -0.05) is 48.7 Å². The number of nitrogens with zero attached hydrogens (tertiary/aromatic N) is 1. The number of hydrogen-bond acceptors (Lipinski definition) is 3. The van der Waals surface area contributed by atoms with Gasteiger partial charge in [0.1, 0.15) is 0 Å². The number of nitrogens with one attached hydrogen (secondary N) is 1. The normalized spacial score (nSPS) is 23.9. The minimum Gasteiger partial charge on any atom is -0.375 e. The van der Waals surface area contributed by atoms with Gasteiger partial charge in [-0.25, -0.2) is 0 Å². The highest BCUT2D eigenvalue weighted by molar-refractivity contribution is 6.31. The highest BCUT2D eigenvalue weighted by Gasteiger charge is 2.48. The molecule has 1 aromatic heterocycles. The molecule has 0 unspecified atom stereocenters. The number of pyridine rings is 1. The van der Waals surface area contributed by atoms with Crippen LogP contribution in [-0.2, 0) is 16.6 Å². The molecule has 2 fully saturated rings. The first-order valence-corrected chi connectivity index (χ1v) is 11.1. The highest BCUT2D eigenvalue weighted by atomic mass is 35.5. The zero-order valence-electron chi connectivity index (χ0n) is 16.6. The summed E-state index contributed by atoms with van der Waals surface area (Å²) in [6, 6.07) is 14.5. The quantitative estimate of drug-likeness (QED) is 0.641. The first-order valence-electron chi connectivity index (χ1n) is 10.7. The maximum atomic E-state index is 6.34. The Kier molecular flexibility index (Phi) is 6.35. The third-order valence-electron chi connectivity index (χ3n) is 6.68. The molecule has 1 aromatic carbocycles. The minimum atomic E-state index is 0.0906. The Morgan fingerprint density at radius 1 is 1.00 bits per heavy atom. The number of hydrogen-bond donors (Lipinski definition) is 1. The van der Waals surface area contributed by atoms with Gasteiger partial charge in [-0.05, 0) is 75.4 Å². The fourth-order valence-corrected chi connectivity index (χ4v) is 5.40. The molecule has 1 N–H and O–H groups in total. The molecular formula is C24H31ClN2O. The molecule has 150 valence electrons. The van der Waals surface area contributed by atoms with E-state index in [2.05, 4.69) is 29.6 Å². The van der Waals surface area contributed by atoms with E-state index in [1.807, 2.05) is 24.4 Å². The maximum Gasteiger partial charge on any atom is 0.0691 e. The summed E-state index contributed by atoms with van der Waals surface area (Å²) in [5, 5.41) is 4.52. The second kappa shape index (κ2) is 8.94. The third-order valence-corrected chi connectivity index (χ3v) is 7.05. The van der Waals surface area contributed by atoms with Gasteiger partial charge in [0.2, 0.25) is 0 Å². The Labute approximate surface area is 173 Å². The second-order valence-corrected chi connectivity index (χ2v) is 8.91. The van der Waals surface area contributed by atoms with Crippen LogP contribution in [0.3, 0.4) is 0 Å². The van der Waals surface area contributed by atoms with E-state index in [0.29, 0.717) is 0 Å². The number of aromatic nitrogens is 1. The van der Waals surface area contributed by atoms with Crippen LogP contribution in [0.1, 0.15) is 56.2 Å².